The van der Waals surface area contributed by atoms with Crippen molar-refractivity contribution in [2.75, 3.05) is 0 Å². The van der Waals surface area contributed by atoms with Crippen molar-refractivity contribution in [1.29, 1.82) is 0 Å². The molecule has 0 atom stereocenters. The van der Waals surface area contributed by atoms with E-state index in [1.807, 2.05) is 0 Å². The number of para-hydroxylation sites is 2. The lowest BCUT2D eigenvalue weighted by Gasteiger charge is -2.34. The molecule has 2 aliphatic carbocycles. The zero-order valence-electron chi connectivity index (χ0n) is 27.8. The van der Waals surface area contributed by atoms with Crippen molar-refractivity contribution in [3.63, 3.8) is 0 Å². The number of aromatic nitrogens is 2. The first-order chi connectivity index (χ1) is 25.4. The summed E-state index contributed by atoms with van der Waals surface area (Å²) in [6, 6.07) is 55.0. The molecular formula is C49H30N2. The van der Waals surface area contributed by atoms with E-state index in [2.05, 4.69) is 167 Å². The molecule has 0 spiro atoms. The van der Waals surface area contributed by atoms with E-state index in [-0.39, 0.29) is 0 Å². The number of nitrogens with zero attached hydrogens (tertiary/aromatic N) is 2. The first-order valence-electron chi connectivity index (χ1n) is 18.2. The molecule has 0 saturated carbocycles. The first kappa shape index (κ1) is 26.5. The third-order valence-electron chi connectivity index (χ3n) is 12.5. The van der Waals surface area contributed by atoms with Gasteiger partial charge in [0.25, 0.3) is 0 Å². The van der Waals surface area contributed by atoms with Gasteiger partial charge in [-0.05, 0) is 82.1 Å². The summed E-state index contributed by atoms with van der Waals surface area (Å²) >= 11 is 0. The summed E-state index contributed by atoms with van der Waals surface area (Å²) in [5.41, 5.74) is 17.0. The molecular weight excluding hydrogens is 617 g/mol. The van der Waals surface area contributed by atoms with Crippen LogP contribution in [0.2, 0.25) is 0 Å². The molecule has 0 radical (unpaired) electrons. The van der Waals surface area contributed by atoms with Crippen LogP contribution in [0.15, 0.2) is 152 Å². The van der Waals surface area contributed by atoms with Crippen LogP contribution in [0.25, 0.3) is 82.5 Å². The number of aryl methyl sites for hydroxylation is 1. The van der Waals surface area contributed by atoms with E-state index in [4.69, 9.17) is 0 Å². The predicted molar refractivity (Wildman–Crippen MR) is 213 cm³/mol. The average molecular weight is 647 g/mol. The molecule has 2 heteroatoms. The van der Waals surface area contributed by atoms with Gasteiger partial charge in [0, 0.05) is 43.4 Å². The average Bonchev–Trinajstić information content (AvgIpc) is 3.97. The van der Waals surface area contributed by atoms with Gasteiger partial charge in [0.1, 0.15) is 0 Å². The van der Waals surface area contributed by atoms with Gasteiger partial charge in [0.05, 0.1) is 33.0 Å². The summed E-state index contributed by atoms with van der Waals surface area (Å²) in [5.74, 6) is 0. The molecule has 13 rings (SSSR count). The van der Waals surface area contributed by atoms with Crippen molar-refractivity contribution in [2.45, 2.75) is 18.3 Å². The lowest BCUT2D eigenvalue weighted by molar-refractivity contribution is 0.770. The van der Waals surface area contributed by atoms with Crippen molar-refractivity contribution in [1.82, 2.24) is 8.80 Å². The Morgan fingerprint density at radius 3 is 1.90 bits per heavy atom. The second-order valence-electron chi connectivity index (χ2n) is 14.6. The van der Waals surface area contributed by atoms with Crippen LogP contribution in [0.4, 0.5) is 0 Å². The highest BCUT2D eigenvalue weighted by Crippen LogP contribution is 2.61. The topological polar surface area (TPSA) is 8.82 Å². The van der Waals surface area contributed by atoms with Gasteiger partial charge in [-0.2, -0.15) is 0 Å². The molecule has 7 aromatic carbocycles. The minimum atomic E-state index is -0.475. The largest absolute Gasteiger partial charge is 0.308 e. The predicted octanol–water partition coefficient (Wildman–Crippen LogP) is 12.2. The Morgan fingerprint density at radius 2 is 1.12 bits per heavy atom. The van der Waals surface area contributed by atoms with Crippen molar-refractivity contribution >= 4 is 71.4 Å². The maximum Gasteiger partial charge on any atom is 0.0714 e. The zero-order chi connectivity index (χ0) is 33.0. The van der Waals surface area contributed by atoms with E-state index in [0.29, 0.717) is 0 Å². The number of rotatable bonds is 2. The molecule has 0 saturated heterocycles. The van der Waals surface area contributed by atoms with Crippen molar-refractivity contribution < 1.29 is 0 Å². The fraction of sp³-hybridized carbons (Fsp3) is 0.0612. The second kappa shape index (κ2) is 9.04. The smallest absolute Gasteiger partial charge is 0.0714 e. The number of hydrogen-bond acceptors (Lipinski definition) is 0. The monoisotopic (exact) mass is 646 g/mol. The van der Waals surface area contributed by atoms with E-state index in [9.17, 15) is 0 Å². The van der Waals surface area contributed by atoms with Gasteiger partial charge >= 0.3 is 0 Å². The summed E-state index contributed by atoms with van der Waals surface area (Å²) in [6.07, 6.45) is 6.88. The van der Waals surface area contributed by atoms with Gasteiger partial charge < -0.3 is 8.80 Å². The minimum Gasteiger partial charge on any atom is -0.308 e. The molecule has 0 aliphatic heterocycles. The Labute approximate surface area is 293 Å². The normalized spacial score (nSPS) is 15.0. The van der Waals surface area contributed by atoms with Crippen molar-refractivity contribution in [3.05, 3.63) is 185 Å². The molecule has 4 aromatic heterocycles. The summed E-state index contributed by atoms with van der Waals surface area (Å²) in [6.45, 7) is 0. The molecule has 0 unspecified atom stereocenters. The van der Waals surface area contributed by atoms with Crippen LogP contribution < -0.4 is 0 Å². The third-order valence-corrected chi connectivity index (χ3v) is 12.5. The highest BCUT2D eigenvalue weighted by molar-refractivity contribution is 6.38. The highest BCUT2D eigenvalue weighted by atomic mass is 14.9. The van der Waals surface area contributed by atoms with Crippen molar-refractivity contribution in [3.8, 4) is 11.1 Å². The van der Waals surface area contributed by atoms with Gasteiger partial charge in [-0.3, -0.25) is 0 Å². The van der Waals surface area contributed by atoms with E-state index in [1.165, 1.54) is 110 Å². The SMILES string of the molecule is C1=Cc2c(c3cc4c(c5c6c(cc7c8ccccc8n4c75)C(c4ccccc4)(c4ccccc4)c4ccccc4-6)c4c5ccccc5n2c34)CC1. The Bertz CT molecular complexity index is 3240. The molecule has 51 heavy (non-hydrogen) atoms. The number of fused-ring (bicyclic) bond motifs is 17. The summed E-state index contributed by atoms with van der Waals surface area (Å²) in [7, 11) is 0. The summed E-state index contributed by atoms with van der Waals surface area (Å²) in [5, 5.41) is 9.52. The second-order valence-corrected chi connectivity index (χ2v) is 14.6. The third kappa shape index (κ3) is 2.89. The molecule has 11 aromatic rings. The van der Waals surface area contributed by atoms with Crippen LogP contribution in [0.5, 0.6) is 0 Å². The number of hydrogen-bond donors (Lipinski definition) is 0. The first-order valence-corrected chi connectivity index (χ1v) is 18.2. The Kier molecular flexibility index (Phi) is 4.69. The van der Waals surface area contributed by atoms with Gasteiger partial charge in [0.15, 0.2) is 0 Å². The van der Waals surface area contributed by atoms with Gasteiger partial charge in [-0.25, -0.2) is 0 Å². The lowest BCUT2D eigenvalue weighted by Crippen LogP contribution is -2.28. The van der Waals surface area contributed by atoms with Crippen LogP contribution in [0.3, 0.4) is 0 Å². The van der Waals surface area contributed by atoms with Crippen LogP contribution in [-0.2, 0) is 11.8 Å². The Hall–Kier alpha value is -6.38. The standard InChI is InChI=1S/C49H30N2/c1-3-15-29(16-4-1)49(30-17-5-2-6-18-30)37-23-11-7-21-33(37)43-38(49)27-35-31-19-8-13-25-40(31)51-42-28-36-32-20-9-12-24-39(32)50-41-26-14-10-22-34(41)44(47(36)50)45(42)46(43)48(35)51/h1-8,10-19,21-28H,9,20H2. The van der Waals surface area contributed by atoms with Crippen LogP contribution in [0, 0.1) is 0 Å². The number of allylic oxidation sites excluding steroid dienone is 1. The maximum absolute atomic E-state index is 2.61. The van der Waals surface area contributed by atoms with Crippen molar-refractivity contribution in [2.24, 2.45) is 0 Å². The minimum absolute atomic E-state index is 0.475. The van der Waals surface area contributed by atoms with Crippen LogP contribution in [0.1, 0.15) is 39.9 Å². The van der Waals surface area contributed by atoms with Crippen LogP contribution in [-0.4, -0.2) is 8.80 Å². The quantitative estimate of drug-likeness (QED) is 0.177. The molecule has 2 nitrogen and oxygen atoms in total. The molecule has 0 fully saturated rings. The molecule has 2 aliphatic rings. The van der Waals surface area contributed by atoms with E-state index in [0.717, 1.165) is 12.8 Å². The maximum atomic E-state index is 2.61. The Morgan fingerprint density at radius 1 is 0.471 bits per heavy atom. The van der Waals surface area contributed by atoms with Gasteiger partial charge in [-0.1, -0.05) is 127 Å². The molecule has 4 heterocycles. The lowest BCUT2D eigenvalue weighted by atomic mass is 9.67. The Balaban J connectivity index is 1.37. The fourth-order valence-corrected chi connectivity index (χ4v) is 10.7. The van der Waals surface area contributed by atoms with Crippen LogP contribution >= 0.6 is 0 Å². The van der Waals surface area contributed by atoms with E-state index >= 15 is 0 Å². The van der Waals surface area contributed by atoms with E-state index in [1.54, 1.807) is 0 Å². The highest BCUT2D eigenvalue weighted by Gasteiger charge is 2.48. The molecule has 236 valence electrons. The summed E-state index contributed by atoms with van der Waals surface area (Å²) < 4.78 is 5.19. The fourth-order valence-electron chi connectivity index (χ4n) is 10.7. The molecule has 0 amide bonds. The van der Waals surface area contributed by atoms with Gasteiger partial charge in [-0.15, -0.1) is 0 Å². The zero-order valence-corrected chi connectivity index (χ0v) is 27.8. The summed E-state index contributed by atoms with van der Waals surface area (Å²) in [4.78, 5) is 0. The van der Waals surface area contributed by atoms with Gasteiger partial charge in [0.2, 0.25) is 0 Å². The molecule has 0 bridgehead atoms. The van der Waals surface area contributed by atoms with E-state index < -0.39 is 5.41 Å². The number of benzene rings is 7. The molecule has 0 N–H and O–H groups in total.